The predicted octanol–water partition coefficient (Wildman–Crippen LogP) is 4.81. The molecule has 1 fully saturated rings. The predicted molar refractivity (Wildman–Crippen MR) is 113 cm³/mol. The lowest BCUT2D eigenvalue weighted by atomic mass is 9.81. The van der Waals surface area contributed by atoms with Crippen molar-refractivity contribution in [1.29, 1.82) is 0 Å². The minimum atomic E-state index is -0.283. The summed E-state index contributed by atoms with van der Waals surface area (Å²) in [6.07, 6.45) is 1.52. The molecule has 136 valence electrons. The zero-order chi connectivity index (χ0) is 18.9. The number of amides is 1. The number of rotatable bonds is 5. The lowest BCUT2D eigenvalue weighted by molar-refractivity contribution is -0.118. The number of phenols is 1. The van der Waals surface area contributed by atoms with Gasteiger partial charge in [0.2, 0.25) is 5.91 Å². The fraction of sp³-hybridized carbons (Fsp3) is 0.333. The summed E-state index contributed by atoms with van der Waals surface area (Å²) in [6.45, 7) is 6.68. The Balaban J connectivity index is 1.92. The van der Waals surface area contributed by atoms with E-state index in [0.29, 0.717) is 10.7 Å². The number of nitrogens with one attached hydrogen (secondary N) is 1. The molecule has 0 aromatic heterocycles. The standard InChI is InChI=1S/C21H23NO2S2/c1-4-21(2,3)16-7-5-6-13(11-16)14-8-9-17(23)15(10-14)12-18-19(24)22-20(25)26-18/h5-11,18,23H,4,12H2,1-3H3,(H,22,24,25). The van der Waals surface area contributed by atoms with Crippen molar-refractivity contribution in [3.8, 4) is 16.9 Å². The molecule has 0 aliphatic carbocycles. The van der Waals surface area contributed by atoms with Crippen LogP contribution in [0.25, 0.3) is 11.1 Å². The Hall–Kier alpha value is -1.85. The highest BCUT2D eigenvalue weighted by molar-refractivity contribution is 8.24. The van der Waals surface area contributed by atoms with Gasteiger partial charge in [-0.1, -0.05) is 75.1 Å². The fourth-order valence-electron chi connectivity index (χ4n) is 2.98. The molecular weight excluding hydrogens is 362 g/mol. The van der Waals surface area contributed by atoms with Gasteiger partial charge >= 0.3 is 0 Å². The molecule has 0 spiro atoms. The normalized spacial score (nSPS) is 17.4. The van der Waals surface area contributed by atoms with Crippen LogP contribution in [-0.2, 0) is 16.6 Å². The molecule has 0 saturated carbocycles. The summed E-state index contributed by atoms with van der Waals surface area (Å²) in [5.41, 5.74) is 4.33. The highest BCUT2D eigenvalue weighted by Crippen LogP contribution is 2.33. The third-order valence-electron chi connectivity index (χ3n) is 5.11. The van der Waals surface area contributed by atoms with E-state index in [-0.39, 0.29) is 22.3 Å². The molecule has 26 heavy (non-hydrogen) atoms. The van der Waals surface area contributed by atoms with Gasteiger partial charge in [0.25, 0.3) is 0 Å². The Morgan fingerprint density at radius 1 is 1.19 bits per heavy atom. The first kappa shape index (κ1) is 18.9. The second kappa shape index (κ2) is 7.41. The first-order valence-corrected chi connectivity index (χ1v) is 10.0. The minimum absolute atomic E-state index is 0.0866. The van der Waals surface area contributed by atoms with Crippen molar-refractivity contribution in [1.82, 2.24) is 5.32 Å². The van der Waals surface area contributed by atoms with E-state index in [1.165, 1.54) is 17.3 Å². The molecular formula is C21H23NO2S2. The molecule has 2 aromatic carbocycles. The van der Waals surface area contributed by atoms with Gasteiger partial charge in [0, 0.05) is 0 Å². The first-order valence-electron chi connectivity index (χ1n) is 8.74. The van der Waals surface area contributed by atoms with Crippen LogP contribution in [0.5, 0.6) is 5.75 Å². The zero-order valence-corrected chi connectivity index (χ0v) is 16.8. The minimum Gasteiger partial charge on any atom is -0.508 e. The summed E-state index contributed by atoms with van der Waals surface area (Å²) in [5, 5.41) is 12.6. The van der Waals surface area contributed by atoms with Crippen LogP contribution >= 0.6 is 24.0 Å². The van der Waals surface area contributed by atoms with Gasteiger partial charge in [-0.25, -0.2) is 0 Å². The van der Waals surface area contributed by atoms with Crippen LogP contribution in [0.1, 0.15) is 38.3 Å². The molecule has 0 bridgehead atoms. The lowest BCUT2D eigenvalue weighted by Crippen LogP contribution is -2.25. The van der Waals surface area contributed by atoms with E-state index in [0.717, 1.165) is 23.1 Å². The van der Waals surface area contributed by atoms with Gasteiger partial charge in [0.1, 0.15) is 10.1 Å². The molecule has 2 aromatic rings. The quantitative estimate of drug-likeness (QED) is 0.726. The molecule has 1 aliphatic rings. The Morgan fingerprint density at radius 2 is 1.92 bits per heavy atom. The van der Waals surface area contributed by atoms with Gasteiger partial charge in [0.15, 0.2) is 0 Å². The van der Waals surface area contributed by atoms with Crippen molar-refractivity contribution >= 4 is 34.2 Å². The number of thioether (sulfide) groups is 1. The second-order valence-electron chi connectivity index (χ2n) is 7.25. The van der Waals surface area contributed by atoms with Crippen molar-refractivity contribution in [3.63, 3.8) is 0 Å². The first-order chi connectivity index (χ1) is 12.3. The van der Waals surface area contributed by atoms with Gasteiger partial charge in [-0.2, -0.15) is 0 Å². The van der Waals surface area contributed by atoms with E-state index in [1.54, 1.807) is 6.07 Å². The summed E-state index contributed by atoms with van der Waals surface area (Å²) < 4.78 is 0.505. The van der Waals surface area contributed by atoms with Crippen molar-refractivity contribution < 1.29 is 9.90 Å². The van der Waals surface area contributed by atoms with Crippen LogP contribution in [0.4, 0.5) is 0 Å². The van der Waals surface area contributed by atoms with Crippen LogP contribution in [0, 0.1) is 0 Å². The second-order valence-corrected chi connectivity index (χ2v) is 9.13. The zero-order valence-electron chi connectivity index (χ0n) is 15.2. The average molecular weight is 386 g/mol. The van der Waals surface area contributed by atoms with Crippen LogP contribution in [0.2, 0.25) is 0 Å². The maximum Gasteiger partial charge on any atom is 0.239 e. The third-order valence-corrected chi connectivity index (χ3v) is 6.49. The number of phenolic OH excluding ortho intramolecular Hbond substituents is 1. The highest BCUT2D eigenvalue weighted by atomic mass is 32.2. The Labute approximate surface area is 164 Å². The van der Waals surface area contributed by atoms with Crippen molar-refractivity contribution in [2.24, 2.45) is 0 Å². The Kier molecular flexibility index (Phi) is 5.39. The number of thiocarbonyl (C=S) groups is 1. The maximum atomic E-state index is 11.9. The average Bonchev–Trinajstić information content (AvgIpc) is 2.94. The van der Waals surface area contributed by atoms with Gasteiger partial charge in [0.05, 0.1) is 5.25 Å². The van der Waals surface area contributed by atoms with E-state index < -0.39 is 0 Å². The Bertz CT molecular complexity index is 861. The molecule has 0 radical (unpaired) electrons. The molecule has 1 unspecified atom stereocenters. The van der Waals surface area contributed by atoms with Gasteiger partial charge < -0.3 is 10.4 Å². The number of hydrogen-bond acceptors (Lipinski definition) is 4. The number of aromatic hydroxyl groups is 1. The van der Waals surface area contributed by atoms with E-state index in [9.17, 15) is 9.90 Å². The van der Waals surface area contributed by atoms with Crippen LogP contribution in [0.15, 0.2) is 42.5 Å². The van der Waals surface area contributed by atoms with Crippen molar-refractivity contribution in [2.45, 2.75) is 44.3 Å². The smallest absolute Gasteiger partial charge is 0.239 e. The SMILES string of the molecule is CCC(C)(C)c1cccc(-c2ccc(O)c(CC3SC(=S)NC3=O)c2)c1. The van der Waals surface area contributed by atoms with Gasteiger partial charge in [-0.05, 0) is 52.6 Å². The van der Waals surface area contributed by atoms with E-state index in [1.807, 2.05) is 12.1 Å². The fourth-order valence-corrected chi connectivity index (χ4v) is 4.28. The van der Waals surface area contributed by atoms with Gasteiger partial charge in [-0.3, -0.25) is 4.79 Å². The molecule has 1 aliphatic heterocycles. The third kappa shape index (κ3) is 3.94. The highest BCUT2D eigenvalue weighted by Gasteiger charge is 2.29. The van der Waals surface area contributed by atoms with Crippen LogP contribution in [-0.4, -0.2) is 20.6 Å². The maximum absolute atomic E-state index is 11.9. The molecule has 1 amide bonds. The van der Waals surface area contributed by atoms with Gasteiger partial charge in [-0.15, -0.1) is 0 Å². The summed E-state index contributed by atoms with van der Waals surface area (Å²) in [4.78, 5) is 11.9. The molecule has 3 rings (SSSR count). The Morgan fingerprint density at radius 3 is 2.58 bits per heavy atom. The molecule has 1 heterocycles. The summed E-state index contributed by atoms with van der Waals surface area (Å²) in [5.74, 6) is 0.126. The van der Waals surface area contributed by atoms with E-state index in [2.05, 4.69) is 50.4 Å². The number of carbonyl (C=O) groups excluding carboxylic acids is 1. The number of carbonyl (C=O) groups is 1. The van der Waals surface area contributed by atoms with E-state index >= 15 is 0 Å². The lowest BCUT2D eigenvalue weighted by Gasteiger charge is -2.24. The molecule has 1 atom stereocenters. The van der Waals surface area contributed by atoms with Crippen molar-refractivity contribution in [2.75, 3.05) is 0 Å². The molecule has 5 heteroatoms. The topological polar surface area (TPSA) is 49.3 Å². The molecule has 1 saturated heterocycles. The van der Waals surface area contributed by atoms with Crippen LogP contribution < -0.4 is 5.32 Å². The van der Waals surface area contributed by atoms with Crippen LogP contribution in [0.3, 0.4) is 0 Å². The summed E-state index contributed by atoms with van der Waals surface area (Å²) >= 11 is 6.40. The molecule has 3 nitrogen and oxygen atoms in total. The largest absolute Gasteiger partial charge is 0.508 e. The number of hydrogen-bond donors (Lipinski definition) is 2. The van der Waals surface area contributed by atoms with Crippen molar-refractivity contribution in [3.05, 3.63) is 53.6 Å². The summed E-state index contributed by atoms with van der Waals surface area (Å²) in [6, 6.07) is 14.1. The summed E-state index contributed by atoms with van der Waals surface area (Å²) in [7, 11) is 0. The monoisotopic (exact) mass is 385 g/mol. The molecule has 2 N–H and O–H groups in total. The number of benzene rings is 2. The van der Waals surface area contributed by atoms with E-state index in [4.69, 9.17) is 12.2 Å².